The van der Waals surface area contributed by atoms with E-state index in [0.717, 1.165) is 28.1 Å². The minimum Gasteiger partial charge on any atom is -0.328 e. The van der Waals surface area contributed by atoms with Gasteiger partial charge in [-0.05, 0) is 52.0 Å². The number of hydrazine groups is 1. The number of nitrogens with zero attached hydrogens (tertiary/aromatic N) is 2. The molecule has 0 aliphatic carbocycles. The van der Waals surface area contributed by atoms with E-state index in [2.05, 4.69) is 62.5 Å². The Morgan fingerprint density at radius 2 is 2.24 bits per heavy atom. The van der Waals surface area contributed by atoms with E-state index >= 15 is 0 Å². The molecular formula is C15H17BrN4S. The predicted octanol–water partition coefficient (Wildman–Crippen LogP) is 3.63. The van der Waals surface area contributed by atoms with Crippen molar-refractivity contribution in [3.8, 4) is 0 Å². The third-order valence-corrected chi connectivity index (χ3v) is 5.15. The average Bonchev–Trinajstić information content (AvgIpc) is 3.07. The summed E-state index contributed by atoms with van der Waals surface area (Å²) < 4.78 is 3.36. The van der Waals surface area contributed by atoms with E-state index in [0.29, 0.717) is 0 Å². The van der Waals surface area contributed by atoms with Gasteiger partial charge in [0.2, 0.25) is 0 Å². The van der Waals surface area contributed by atoms with Crippen LogP contribution in [0.1, 0.15) is 24.4 Å². The summed E-state index contributed by atoms with van der Waals surface area (Å²) in [5, 5.41) is 2.12. The number of aryl methyl sites for hydroxylation is 1. The Morgan fingerprint density at radius 1 is 1.43 bits per heavy atom. The molecule has 0 amide bonds. The lowest BCUT2D eigenvalue weighted by Gasteiger charge is -2.15. The van der Waals surface area contributed by atoms with Gasteiger partial charge in [-0.25, -0.2) is 4.98 Å². The van der Waals surface area contributed by atoms with Crippen LogP contribution in [0.3, 0.4) is 0 Å². The highest BCUT2D eigenvalue weighted by molar-refractivity contribution is 9.11. The number of nitrogens with one attached hydrogen (secondary N) is 1. The first-order valence-corrected chi connectivity index (χ1v) is 8.54. The highest BCUT2D eigenvalue weighted by atomic mass is 79.9. The Morgan fingerprint density at radius 3 is 2.90 bits per heavy atom. The Bertz CT molecular complexity index is 749. The minimum absolute atomic E-state index is 0.0645. The molecule has 3 rings (SSSR count). The molecule has 0 radical (unpaired) electrons. The molecule has 1 unspecified atom stereocenters. The molecule has 0 aliphatic rings. The molecule has 4 nitrogen and oxygen atoms in total. The van der Waals surface area contributed by atoms with Gasteiger partial charge in [-0.2, -0.15) is 0 Å². The summed E-state index contributed by atoms with van der Waals surface area (Å²) in [5.41, 5.74) is 6.31. The normalized spacial score (nSPS) is 12.9. The highest BCUT2D eigenvalue weighted by Crippen LogP contribution is 2.27. The average molecular weight is 365 g/mol. The molecule has 0 aliphatic heterocycles. The fourth-order valence-electron chi connectivity index (χ4n) is 2.60. The molecule has 0 spiro atoms. The predicted molar refractivity (Wildman–Crippen MR) is 91.2 cm³/mol. The fraction of sp³-hybridized carbons (Fsp3) is 0.267. The van der Waals surface area contributed by atoms with E-state index in [1.165, 1.54) is 11.1 Å². The molecule has 21 heavy (non-hydrogen) atoms. The lowest BCUT2D eigenvalue weighted by atomic mass is 10.1. The molecule has 0 bridgehead atoms. The number of imidazole rings is 1. The third-order valence-electron chi connectivity index (χ3n) is 3.63. The maximum atomic E-state index is 5.75. The van der Waals surface area contributed by atoms with Crippen LogP contribution in [-0.4, -0.2) is 9.55 Å². The molecule has 0 fully saturated rings. The monoisotopic (exact) mass is 364 g/mol. The topological polar surface area (TPSA) is 55.9 Å². The zero-order valence-corrected chi connectivity index (χ0v) is 14.1. The van der Waals surface area contributed by atoms with Gasteiger partial charge in [-0.15, -0.1) is 11.3 Å². The zero-order chi connectivity index (χ0) is 14.8. The second-order valence-corrected chi connectivity index (χ2v) is 7.16. The lowest BCUT2D eigenvalue weighted by molar-refractivity contribution is 0.527. The summed E-state index contributed by atoms with van der Waals surface area (Å²) in [6.07, 6.45) is 0.766. The van der Waals surface area contributed by atoms with Crippen molar-refractivity contribution in [3.05, 3.63) is 50.9 Å². The van der Waals surface area contributed by atoms with Crippen LogP contribution in [0.5, 0.6) is 0 Å². The molecule has 0 saturated heterocycles. The summed E-state index contributed by atoms with van der Waals surface area (Å²) in [6, 6.07) is 10.4. The van der Waals surface area contributed by atoms with Gasteiger partial charge in [0.25, 0.3) is 0 Å². The zero-order valence-electron chi connectivity index (χ0n) is 11.7. The number of rotatable bonds is 5. The van der Waals surface area contributed by atoms with Gasteiger partial charge >= 0.3 is 0 Å². The van der Waals surface area contributed by atoms with E-state index < -0.39 is 0 Å². The SMILES string of the molecule is CCn1c(CC(NN)c2csc(Br)c2)nc2ccccc21. The van der Waals surface area contributed by atoms with Crippen molar-refractivity contribution >= 4 is 38.3 Å². The van der Waals surface area contributed by atoms with Crippen molar-refractivity contribution in [1.82, 2.24) is 15.0 Å². The molecule has 2 aromatic heterocycles. The summed E-state index contributed by atoms with van der Waals surface area (Å²) >= 11 is 5.17. The first-order valence-electron chi connectivity index (χ1n) is 6.87. The second-order valence-electron chi connectivity index (χ2n) is 4.87. The van der Waals surface area contributed by atoms with E-state index in [-0.39, 0.29) is 6.04 Å². The minimum atomic E-state index is 0.0645. The maximum absolute atomic E-state index is 5.75. The van der Waals surface area contributed by atoms with Gasteiger partial charge in [-0.3, -0.25) is 11.3 Å². The Labute approximate surface area is 136 Å². The van der Waals surface area contributed by atoms with E-state index in [1.807, 2.05) is 6.07 Å². The van der Waals surface area contributed by atoms with Gasteiger partial charge in [-0.1, -0.05) is 12.1 Å². The van der Waals surface area contributed by atoms with Crippen LogP contribution in [0.25, 0.3) is 11.0 Å². The van der Waals surface area contributed by atoms with Gasteiger partial charge in [0.05, 0.1) is 20.9 Å². The van der Waals surface area contributed by atoms with Crippen LogP contribution >= 0.6 is 27.3 Å². The summed E-state index contributed by atoms with van der Waals surface area (Å²) in [7, 11) is 0. The van der Waals surface area contributed by atoms with Crippen molar-refractivity contribution in [1.29, 1.82) is 0 Å². The highest BCUT2D eigenvalue weighted by Gasteiger charge is 2.17. The molecule has 6 heteroatoms. The number of thiophene rings is 1. The smallest absolute Gasteiger partial charge is 0.111 e. The molecule has 1 atom stereocenters. The van der Waals surface area contributed by atoms with Gasteiger partial charge < -0.3 is 4.57 Å². The number of nitrogens with two attached hydrogens (primary N) is 1. The summed E-state index contributed by atoms with van der Waals surface area (Å²) in [5.74, 6) is 6.81. The van der Waals surface area contributed by atoms with Gasteiger partial charge in [0.15, 0.2) is 0 Å². The van der Waals surface area contributed by atoms with Crippen LogP contribution in [-0.2, 0) is 13.0 Å². The Kier molecular flexibility index (Phi) is 4.40. The summed E-state index contributed by atoms with van der Waals surface area (Å²) in [4.78, 5) is 4.76. The molecule has 2 heterocycles. The number of fused-ring (bicyclic) bond motifs is 1. The van der Waals surface area contributed by atoms with Crippen molar-refractivity contribution in [2.24, 2.45) is 5.84 Å². The van der Waals surface area contributed by atoms with Crippen LogP contribution in [0.4, 0.5) is 0 Å². The third kappa shape index (κ3) is 2.89. The van der Waals surface area contributed by atoms with Crippen molar-refractivity contribution < 1.29 is 0 Å². The number of para-hydroxylation sites is 2. The Hall–Kier alpha value is -1.21. The van der Waals surface area contributed by atoms with E-state index in [4.69, 9.17) is 10.8 Å². The number of hydrogen-bond acceptors (Lipinski definition) is 4. The summed E-state index contributed by atoms with van der Waals surface area (Å²) in [6.45, 7) is 3.05. The number of benzene rings is 1. The number of halogens is 1. The second kappa shape index (κ2) is 6.27. The van der Waals surface area contributed by atoms with Gasteiger partial charge in [0, 0.05) is 13.0 Å². The van der Waals surface area contributed by atoms with E-state index in [9.17, 15) is 0 Å². The van der Waals surface area contributed by atoms with Crippen molar-refractivity contribution in [2.75, 3.05) is 0 Å². The molecular weight excluding hydrogens is 348 g/mol. The molecule has 3 aromatic rings. The number of hydrogen-bond donors (Lipinski definition) is 2. The van der Waals surface area contributed by atoms with Crippen LogP contribution in [0.2, 0.25) is 0 Å². The van der Waals surface area contributed by atoms with Crippen molar-refractivity contribution in [3.63, 3.8) is 0 Å². The molecule has 110 valence electrons. The number of aromatic nitrogens is 2. The van der Waals surface area contributed by atoms with Gasteiger partial charge in [0.1, 0.15) is 5.82 Å². The first kappa shape index (κ1) is 14.7. The molecule has 3 N–H and O–H groups in total. The maximum Gasteiger partial charge on any atom is 0.111 e. The molecule has 1 aromatic carbocycles. The quantitative estimate of drug-likeness (QED) is 0.536. The van der Waals surface area contributed by atoms with Crippen LogP contribution in [0.15, 0.2) is 39.5 Å². The largest absolute Gasteiger partial charge is 0.328 e. The Balaban J connectivity index is 1.96. The van der Waals surface area contributed by atoms with Crippen molar-refractivity contribution in [2.45, 2.75) is 25.9 Å². The standard InChI is InChI=1S/C15H17BrN4S/c1-2-20-13-6-4-3-5-11(13)18-15(20)8-12(19-17)10-7-14(16)21-9-10/h3-7,9,12,19H,2,8,17H2,1H3. The lowest BCUT2D eigenvalue weighted by Crippen LogP contribution is -2.30. The van der Waals surface area contributed by atoms with E-state index in [1.54, 1.807) is 11.3 Å². The first-order chi connectivity index (χ1) is 10.2. The fourth-order valence-corrected chi connectivity index (χ4v) is 3.83. The van der Waals surface area contributed by atoms with Crippen LogP contribution in [0, 0.1) is 0 Å². The van der Waals surface area contributed by atoms with Crippen LogP contribution < -0.4 is 11.3 Å². The molecule has 0 saturated carbocycles.